The Labute approximate surface area is 282 Å². The minimum atomic E-state index is -0.815. The molecule has 16 nitrogen and oxygen atoms in total. The van der Waals surface area contributed by atoms with E-state index in [2.05, 4.69) is 43.1 Å². The Morgan fingerprint density at radius 3 is 2.47 bits per heavy atom. The lowest BCUT2D eigenvalue weighted by molar-refractivity contribution is -0.120. The van der Waals surface area contributed by atoms with Crippen molar-refractivity contribution in [1.29, 1.82) is 0 Å². The van der Waals surface area contributed by atoms with Crippen LogP contribution >= 0.6 is 0 Å². The highest BCUT2D eigenvalue weighted by Crippen LogP contribution is 2.18. The van der Waals surface area contributed by atoms with E-state index in [0.717, 1.165) is 31.2 Å². The Hall–Kier alpha value is -5.93. The van der Waals surface area contributed by atoms with E-state index in [-0.39, 0.29) is 25.5 Å². The first-order chi connectivity index (χ1) is 23.6. The number of rotatable bonds is 17. The summed E-state index contributed by atoms with van der Waals surface area (Å²) in [7, 11) is 0. The van der Waals surface area contributed by atoms with E-state index in [9.17, 15) is 24.0 Å². The predicted octanol–water partition coefficient (Wildman–Crippen LogP) is 2.60. The van der Waals surface area contributed by atoms with E-state index in [0.29, 0.717) is 46.9 Å². The third-order valence-electron chi connectivity index (χ3n) is 7.49. The van der Waals surface area contributed by atoms with Crippen LogP contribution in [0, 0.1) is 0 Å². The summed E-state index contributed by atoms with van der Waals surface area (Å²) >= 11 is 0. The van der Waals surface area contributed by atoms with Gasteiger partial charge in [0.1, 0.15) is 18.2 Å². The molecular formula is C33H42N10O6. The first-order valence-electron chi connectivity index (χ1n) is 16.1. The smallest absolute Gasteiger partial charge is 0.408 e. The molecule has 4 amide bonds. The Morgan fingerprint density at radius 1 is 1.00 bits per heavy atom. The quantitative estimate of drug-likeness (QED) is 0.0808. The Balaban J connectivity index is 1.28. The highest BCUT2D eigenvalue weighted by atomic mass is 16.5. The number of benzene rings is 2. The molecule has 0 saturated carbocycles. The third-order valence-corrected chi connectivity index (χ3v) is 7.49. The van der Waals surface area contributed by atoms with Crippen LogP contribution in [-0.4, -0.2) is 62.5 Å². The van der Waals surface area contributed by atoms with Crippen LogP contribution in [0.4, 0.5) is 22.2 Å². The molecule has 0 unspecified atom stereocenters. The average Bonchev–Trinajstić information content (AvgIpc) is 3.39. The van der Waals surface area contributed by atoms with Crippen LogP contribution in [0.5, 0.6) is 0 Å². The summed E-state index contributed by atoms with van der Waals surface area (Å²) in [5, 5.41) is 10.9. The minimum absolute atomic E-state index is 0.102. The van der Waals surface area contributed by atoms with Gasteiger partial charge in [-0.15, -0.1) is 0 Å². The summed E-state index contributed by atoms with van der Waals surface area (Å²) in [5.74, 6) is -1.07. The van der Waals surface area contributed by atoms with Gasteiger partial charge in [-0.2, -0.15) is 9.97 Å². The molecule has 0 fully saturated rings. The Bertz CT molecular complexity index is 1840. The third kappa shape index (κ3) is 10.3. The molecule has 0 aliphatic carbocycles. The van der Waals surface area contributed by atoms with E-state index >= 15 is 0 Å². The Kier molecular flexibility index (Phi) is 12.7. The number of imidazole rings is 1. The lowest BCUT2D eigenvalue weighted by Gasteiger charge is -2.15. The van der Waals surface area contributed by atoms with Gasteiger partial charge >= 0.3 is 11.8 Å². The number of primary amides is 1. The van der Waals surface area contributed by atoms with Gasteiger partial charge < -0.3 is 42.5 Å². The number of hydrogen-bond donors (Lipinski definition) is 7. The highest BCUT2D eigenvalue weighted by molar-refractivity contribution is 5.99. The van der Waals surface area contributed by atoms with E-state index in [1.807, 2.05) is 6.92 Å². The SMILES string of the molecule is CCCCNc1nc(N)c2[nH]c(=O)n(Cc3ccc(C(=O)NCC(=O)Nc4cccc(COC(=O)N[C@@H](CCCC)C(N)=O)c4)cc3)c2n1. The summed E-state index contributed by atoms with van der Waals surface area (Å²) in [6.07, 6.45) is 3.14. The average molecular weight is 675 g/mol. The number of alkyl carbamates (subject to hydrolysis) is 1. The molecule has 0 spiro atoms. The second-order valence-corrected chi connectivity index (χ2v) is 11.4. The molecule has 2 aromatic carbocycles. The molecule has 0 bridgehead atoms. The maximum absolute atomic E-state index is 12.7. The van der Waals surface area contributed by atoms with Crippen LogP contribution in [0.25, 0.3) is 11.2 Å². The van der Waals surface area contributed by atoms with Crippen LogP contribution in [0.15, 0.2) is 53.3 Å². The first-order valence-corrected chi connectivity index (χ1v) is 16.1. The number of ether oxygens (including phenoxy) is 1. The largest absolute Gasteiger partial charge is 0.445 e. The molecule has 9 N–H and O–H groups in total. The van der Waals surface area contributed by atoms with Crippen LogP contribution in [0.1, 0.15) is 67.4 Å². The normalized spacial score (nSPS) is 11.5. The van der Waals surface area contributed by atoms with Gasteiger partial charge in [0.05, 0.1) is 13.1 Å². The number of nitrogens with one attached hydrogen (secondary N) is 5. The Morgan fingerprint density at radius 2 is 1.76 bits per heavy atom. The first kappa shape index (κ1) is 35.9. The lowest BCUT2D eigenvalue weighted by atomic mass is 10.1. The number of aromatic nitrogens is 4. The van der Waals surface area contributed by atoms with Gasteiger partial charge in [0, 0.05) is 17.8 Å². The molecule has 4 aromatic rings. The summed E-state index contributed by atoms with van der Waals surface area (Å²) < 4.78 is 6.65. The predicted molar refractivity (Wildman–Crippen MR) is 185 cm³/mol. The van der Waals surface area contributed by atoms with Gasteiger partial charge in [0.2, 0.25) is 17.8 Å². The fraction of sp³-hybridized carbons (Fsp3) is 0.364. The fourth-order valence-corrected chi connectivity index (χ4v) is 4.83. The molecule has 0 radical (unpaired) electrons. The molecule has 2 heterocycles. The van der Waals surface area contributed by atoms with Crippen molar-refractivity contribution in [2.45, 2.75) is 65.1 Å². The molecule has 0 aliphatic rings. The van der Waals surface area contributed by atoms with Crippen molar-refractivity contribution < 1.29 is 23.9 Å². The number of nitrogens with zero attached hydrogens (tertiary/aromatic N) is 3. The number of unbranched alkanes of at least 4 members (excludes halogenated alkanes) is 2. The lowest BCUT2D eigenvalue weighted by Crippen LogP contribution is -2.44. The minimum Gasteiger partial charge on any atom is -0.445 e. The number of H-pyrrole nitrogens is 1. The number of hydrogen-bond acceptors (Lipinski definition) is 10. The van der Waals surface area contributed by atoms with Crippen molar-refractivity contribution in [3.05, 3.63) is 75.7 Å². The molecule has 260 valence electrons. The van der Waals surface area contributed by atoms with Crippen LogP contribution in [0.3, 0.4) is 0 Å². The molecule has 0 saturated heterocycles. The topological polar surface area (TPSA) is 241 Å². The fourth-order valence-electron chi connectivity index (χ4n) is 4.83. The monoisotopic (exact) mass is 674 g/mol. The molecule has 1 atom stereocenters. The van der Waals surface area contributed by atoms with E-state index < -0.39 is 35.5 Å². The second kappa shape index (κ2) is 17.3. The molecule has 49 heavy (non-hydrogen) atoms. The van der Waals surface area contributed by atoms with Gasteiger partial charge in [0.25, 0.3) is 5.91 Å². The zero-order chi connectivity index (χ0) is 35.3. The summed E-state index contributed by atoms with van der Waals surface area (Å²) in [5.41, 5.74) is 13.8. The van der Waals surface area contributed by atoms with Crippen LogP contribution < -0.4 is 38.4 Å². The number of anilines is 3. The zero-order valence-corrected chi connectivity index (χ0v) is 27.5. The van der Waals surface area contributed by atoms with Crippen LogP contribution in [-0.2, 0) is 27.5 Å². The number of fused-ring (bicyclic) bond motifs is 1. The highest BCUT2D eigenvalue weighted by Gasteiger charge is 2.19. The standard InChI is InChI=1S/C33H42N10O6/c1-3-5-10-24(28(35)45)39-33(48)49-19-21-8-7-9-23(16-21)38-25(44)17-37-30(46)22-13-11-20(12-14-22)18-43-29-26(40-32(43)47)27(34)41-31(42-29)36-15-6-4-2/h7-9,11-14,16,24H,3-6,10,15,17-19H2,1-2H3,(H2,35,45)(H,37,46)(H,38,44)(H,39,48)(H,40,47)(H3,34,36,41,42)/t24-/m0/s1. The maximum Gasteiger partial charge on any atom is 0.408 e. The van der Waals surface area contributed by atoms with Gasteiger partial charge in [-0.05, 0) is 48.2 Å². The van der Waals surface area contributed by atoms with E-state index in [1.165, 1.54) is 4.57 Å². The number of carbonyl (C=O) groups excluding carboxylic acids is 4. The van der Waals surface area contributed by atoms with Gasteiger partial charge in [0.15, 0.2) is 11.5 Å². The number of aromatic amines is 1. The zero-order valence-electron chi connectivity index (χ0n) is 27.5. The van der Waals surface area contributed by atoms with Crippen molar-refractivity contribution >= 4 is 52.4 Å². The number of amides is 4. The molecule has 0 aliphatic heterocycles. The molecule has 2 aromatic heterocycles. The van der Waals surface area contributed by atoms with Crippen molar-refractivity contribution in [2.24, 2.45) is 5.73 Å². The molecular weight excluding hydrogens is 632 g/mol. The summed E-state index contributed by atoms with van der Waals surface area (Å²) in [4.78, 5) is 73.1. The maximum atomic E-state index is 12.7. The van der Waals surface area contributed by atoms with Crippen molar-refractivity contribution in [3.63, 3.8) is 0 Å². The van der Waals surface area contributed by atoms with Crippen molar-refractivity contribution in [3.8, 4) is 0 Å². The van der Waals surface area contributed by atoms with E-state index in [1.54, 1.807) is 48.5 Å². The molecule has 16 heteroatoms. The van der Waals surface area contributed by atoms with E-state index in [4.69, 9.17) is 16.2 Å². The molecule has 4 rings (SSSR count). The van der Waals surface area contributed by atoms with Crippen molar-refractivity contribution in [2.75, 3.05) is 29.5 Å². The number of nitrogen functional groups attached to an aromatic ring is 1. The van der Waals surface area contributed by atoms with Gasteiger partial charge in [-0.1, -0.05) is 57.4 Å². The summed E-state index contributed by atoms with van der Waals surface area (Å²) in [6, 6.07) is 12.4. The number of carbonyl (C=O) groups is 4. The summed E-state index contributed by atoms with van der Waals surface area (Å²) in [6.45, 7) is 4.49. The van der Waals surface area contributed by atoms with Crippen molar-refractivity contribution in [1.82, 2.24) is 30.2 Å². The van der Waals surface area contributed by atoms with Crippen LogP contribution in [0.2, 0.25) is 0 Å². The number of nitrogens with two attached hydrogens (primary N) is 2. The van der Waals surface area contributed by atoms with Gasteiger partial charge in [-0.3, -0.25) is 19.0 Å². The van der Waals surface area contributed by atoms with Gasteiger partial charge in [-0.25, -0.2) is 9.59 Å². The second-order valence-electron chi connectivity index (χ2n) is 11.4.